The average Bonchev–Trinajstić information content (AvgIpc) is 3.63. The van der Waals surface area contributed by atoms with E-state index in [4.69, 9.17) is 4.42 Å². The molecule has 1 aliphatic rings. The van der Waals surface area contributed by atoms with Gasteiger partial charge in [0, 0.05) is 38.9 Å². The van der Waals surface area contributed by atoms with Gasteiger partial charge in [0.15, 0.2) is 5.58 Å². The second-order valence-corrected chi connectivity index (χ2v) is 21.6. The van der Waals surface area contributed by atoms with Gasteiger partial charge in [-0.1, -0.05) is 237 Å². The zero-order valence-corrected chi connectivity index (χ0v) is 44.8. The molecule has 0 radical (unpaired) electrons. The Balaban J connectivity index is 0.929. The van der Waals surface area contributed by atoms with E-state index in [0.717, 1.165) is 78.1 Å². The van der Waals surface area contributed by atoms with E-state index >= 15 is 0 Å². The molecule has 0 saturated heterocycles. The molecule has 0 fully saturated rings. The van der Waals surface area contributed by atoms with E-state index in [9.17, 15) is 0 Å². The summed E-state index contributed by atoms with van der Waals surface area (Å²) in [4.78, 5) is 4.81. The van der Waals surface area contributed by atoms with E-state index in [-0.39, 0.29) is 0 Å². The highest BCUT2D eigenvalue weighted by atomic mass is 16.3. The monoisotopic (exact) mass is 1040 g/mol. The lowest BCUT2D eigenvalue weighted by Gasteiger charge is -2.33. The van der Waals surface area contributed by atoms with E-state index in [1.165, 1.54) is 65.9 Å². The van der Waals surface area contributed by atoms with Crippen LogP contribution in [0.5, 0.6) is 0 Å². The number of hydrogen-bond donors (Lipinski definition) is 0. The van der Waals surface area contributed by atoms with Crippen LogP contribution in [0.4, 0.5) is 34.1 Å². The van der Waals surface area contributed by atoms with Crippen molar-refractivity contribution < 1.29 is 4.42 Å². The third-order valence-corrected chi connectivity index (χ3v) is 17.0. The number of fused-ring (bicyclic) bond motifs is 9. The van der Waals surface area contributed by atoms with Crippen LogP contribution in [0, 0.1) is 0 Å². The van der Waals surface area contributed by atoms with Gasteiger partial charge >= 0.3 is 0 Å². The Morgan fingerprint density at radius 1 is 0.256 bits per heavy atom. The van der Waals surface area contributed by atoms with Gasteiger partial charge in [-0.15, -0.1) is 0 Å². The van der Waals surface area contributed by atoms with Gasteiger partial charge in [-0.25, -0.2) is 0 Å². The first-order chi connectivity index (χ1) is 40.6. The lowest BCUT2D eigenvalue weighted by molar-refractivity contribution is 0.669. The molecule has 1 aromatic heterocycles. The molecule has 3 heteroatoms. The molecule has 0 N–H and O–H groups in total. The molecule has 16 rings (SSSR count). The summed E-state index contributed by atoms with van der Waals surface area (Å²) in [7, 11) is 0. The van der Waals surface area contributed by atoms with Crippen molar-refractivity contribution in [3.63, 3.8) is 0 Å². The minimum atomic E-state index is -0.479. The van der Waals surface area contributed by atoms with Gasteiger partial charge in [0.1, 0.15) is 5.58 Å². The molecular weight excluding hydrogens is 993 g/mol. The Kier molecular flexibility index (Phi) is 11.1. The largest absolute Gasteiger partial charge is 0.454 e. The van der Waals surface area contributed by atoms with Gasteiger partial charge in [0.2, 0.25) is 0 Å². The van der Waals surface area contributed by atoms with Gasteiger partial charge < -0.3 is 14.2 Å². The van der Waals surface area contributed by atoms with Crippen LogP contribution in [0.1, 0.15) is 22.3 Å². The molecule has 3 nitrogen and oxygen atoms in total. The van der Waals surface area contributed by atoms with Crippen molar-refractivity contribution in [3.8, 4) is 33.4 Å². The van der Waals surface area contributed by atoms with E-state index in [0.29, 0.717) is 0 Å². The molecule has 1 heterocycles. The second kappa shape index (κ2) is 19.3. The van der Waals surface area contributed by atoms with Crippen molar-refractivity contribution in [2.24, 2.45) is 0 Å². The van der Waals surface area contributed by atoms with E-state index < -0.39 is 5.41 Å². The Hall–Kier alpha value is -10.7. The zero-order chi connectivity index (χ0) is 54.1. The van der Waals surface area contributed by atoms with Gasteiger partial charge in [0.25, 0.3) is 0 Å². The van der Waals surface area contributed by atoms with E-state index in [1.54, 1.807) is 0 Å². The summed E-state index contributed by atoms with van der Waals surface area (Å²) in [5, 5.41) is 9.20. The van der Waals surface area contributed by atoms with Crippen molar-refractivity contribution >= 4 is 88.4 Å². The molecule has 15 aromatic rings. The van der Waals surface area contributed by atoms with Gasteiger partial charge in [-0.2, -0.15) is 0 Å². The van der Waals surface area contributed by atoms with Crippen LogP contribution < -0.4 is 9.80 Å². The molecule has 0 spiro atoms. The predicted octanol–water partition coefficient (Wildman–Crippen LogP) is 21.7. The predicted molar refractivity (Wildman–Crippen MR) is 344 cm³/mol. The molecule has 0 aliphatic heterocycles. The Morgan fingerprint density at radius 2 is 0.780 bits per heavy atom. The maximum absolute atomic E-state index is 7.29. The number of nitrogens with zero attached hydrogens (tertiary/aromatic N) is 2. The summed E-state index contributed by atoms with van der Waals surface area (Å²) < 4.78 is 7.29. The van der Waals surface area contributed by atoms with Crippen molar-refractivity contribution in [1.29, 1.82) is 0 Å². The van der Waals surface area contributed by atoms with Crippen molar-refractivity contribution in [1.82, 2.24) is 0 Å². The minimum absolute atomic E-state index is 0.479. The number of rotatable bonds is 10. The fraction of sp³-hybridized carbons (Fsp3) is 0.0127. The van der Waals surface area contributed by atoms with Crippen LogP contribution in [0.3, 0.4) is 0 Å². The molecule has 0 bridgehead atoms. The van der Waals surface area contributed by atoms with Crippen molar-refractivity contribution in [2.75, 3.05) is 9.80 Å². The van der Waals surface area contributed by atoms with E-state index in [2.05, 4.69) is 325 Å². The van der Waals surface area contributed by atoms with Crippen molar-refractivity contribution in [2.45, 2.75) is 5.41 Å². The third kappa shape index (κ3) is 7.66. The first kappa shape index (κ1) is 47.3. The average molecular weight is 1050 g/mol. The van der Waals surface area contributed by atoms with Crippen LogP contribution >= 0.6 is 0 Å². The van der Waals surface area contributed by atoms with Crippen molar-refractivity contribution in [3.05, 3.63) is 338 Å². The van der Waals surface area contributed by atoms with Gasteiger partial charge in [-0.05, 0) is 161 Å². The fourth-order valence-corrected chi connectivity index (χ4v) is 13.3. The zero-order valence-electron chi connectivity index (χ0n) is 44.8. The molecule has 0 atom stereocenters. The number of anilines is 6. The highest BCUT2D eigenvalue weighted by Crippen LogP contribution is 2.57. The lowest BCUT2D eigenvalue weighted by atomic mass is 9.67. The molecule has 0 unspecified atom stereocenters. The molecule has 1 aliphatic carbocycles. The molecule has 0 saturated carbocycles. The number of furan rings is 1. The minimum Gasteiger partial charge on any atom is -0.454 e. The quantitative estimate of drug-likeness (QED) is 0.136. The van der Waals surface area contributed by atoms with Crippen LogP contribution in [0.2, 0.25) is 0 Å². The Morgan fingerprint density at radius 3 is 1.54 bits per heavy atom. The molecule has 0 amide bonds. The summed E-state index contributed by atoms with van der Waals surface area (Å²) in [5.74, 6) is 0. The topological polar surface area (TPSA) is 19.6 Å². The summed E-state index contributed by atoms with van der Waals surface area (Å²) in [5.41, 5.74) is 19.4. The normalized spacial score (nSPS) is 12.5. The molecular formula is C79H52N2O. The summed E-state index contributed by atoms with van der Waals surface area (Å²) in [6.07, 6.45) is 0. The fourth-order valence-electron chi connectivity index (χ4n) is 13.3. The molecule has 82 heavy (non-hydrogen) atoms. The van der Waals surface area contributed by atoms with E-state index in [1.807, 2.05) is 0 Å². The summed E-state index contributed by atoms with van der Waals surface area (Å²) in [6, 6.07) is 115. The summed E-state index contributed by atoms with van der Waals surface area (Å²) >= 11 is 0. The summed E-state index contributed by atoms with van der Waals surface area (Å²) in [6.45, 7) is 0. The van der Waals surface area contributed by atoms with Crippen LogP contribution in [0.25, 0.3) is 87.6 Å². The Labute approximate surface area is 476 Å². The first-order valence-corrected chi connectivity index (χ1v) is 28.2. The maximum Gasteiger partial charge on any atom is 0.159 e. The lowest BCUT2D eigenvalue weighted by Crippen LogP contribution is -2.28. The van der Waals surface area contributed by atoms with Gasteiger partial charge in [0.05, 0.1) is 16.8 Å². The highest BCUT2D eigenvalue weighted by molar-refractivity contribution is 6.14. The number of hydrogen-bond acceptors (Lipinski definition) is 3. The SMILES string of the molecule is c1ccc(N(c2ccc(-c3ccc4ccccc4c3)cc2)c2cc(N(c3ccc4ccccc4c3)c3cccc4ccccc34)cc3c2oc2ccc(-c4ccc5c(c4)-c4ccccc4C5(c4ccccc4)c4ccccc4)cc23)cc1. The first-order valence-electron chi connectivity index (χ1n) is 28.2. The molecule has 14 aromatic carbocycles. The standard InChI is InChI=1S/C79H52N2O/c1-4-25-62(26-5-1)79(63-27-6-2-7-28-63)73-33-17-16-32-69(73)70-49-60(40-45-74(70)79)61-41-46-77-71(50-61)72-51-67(81(66-44-39-54-20-11-13-23-58(54)48-66)75-34-18-24-56-21-14-15-31-68(56)75)52-76(78(72)82-77)80(64-29-8-3-9-30-64)65-42-37-55(38-43-65)59-36-35-53-19-10-12-22-57(53)47-59/h1-52H. The molecule has 384 valence electrons. The highest BCUT2D eigenvalue weighted by Gasteiger charge is 2.46. The second-order valence-electron chi connectivity index (χ2n) is 21.6. The number of para-hydroxylation sites is 1. The van der Waals surface area contributed by atoms with Crippen LogP contribution in [-0.4, -0.2) is 0 Å². The smallest absolute Gasteiger partial charge is 0.159 e. The third-order valence-electron chi connectivity index (χ3n) is 17.0. The van der Waals surface area contributed by atoms with Crippen LogP contribution in [-0.2, 0) is 5.41 Å². The number of benzene rings is 14. The van der Waals surface area contributed by atoms with Crippen LogP contribution in [0.15, 0.2) is 320 Å². The van der Waals surface area contributed by atoms with Gasteiger partial charge in [-0.3, -0.25) is 0 Å². The maximum atomic E-state index is 7.29. The Bertz CT molecular complexity index is 4880.